The molecular formula is C15H28BrN3O2. The molecule has 0 saturated carbocycles. The molecule has 5 nitrogen and oxygen atoms in total. The molecular weight excluding hydrogens is 334 g/mol. The van der Waals surface area contributed by atoms with Crippen molar-refractivity contribution in [3.8, 4) is 0 Å². The molecule has 0 aliphatic rings. The summed E-state index contributed by atoms with van der Waals surface area (Å²) < 4.78 is 13.9. The van der Waals surface area contributed by atoms with Crippen molar-refractivity contribution in [3.05, 3.63) is 15.9 Å². The number of methoxy groups -OCH3 is 1. The number of halogens is 1. The van der Waals surface area contributed by atoms with Crippen molar-refractivity contribution < 1.29 is 9.47 Å². The van der Waals surface area contributed by atoms with Gasteiger partial charge in [-0.1, -0.05) is 13.8 Å². The quantitative estimate of drug-likeness (QED) is 0.615. The van der Waals surface area contributed by atoms with Crippen LogP contribution in [0.4, 0.5) is 0 Å². The van der Waals surface area contributed by atoms with Crippen LogP contribution in [0.15, 0.2) is 4.47 Å². The van der Waals surface area contributed by atoms with E-state index in [0.717, 1.165) is 36.1 Å². The summed E-state index contributed by atoms with van der Waals surface area (Å²) in [5.74, 6) is 0. The van der Waals surface area contributed by atoms with Crippen molar-refractivity contribution in [1.29, 1.82) is 0 Å². The van der Waals surface area contributed by atoms with Gasteiger partial charge in [0.25, 0.3) is 0 Å². The van der Waals surface area contributed by atoms with Crippen LogP contribution in [0, 0.1) is 0 Å². The van der Waals surface area contributed by atoms with Crippen LogP contribution in [0.5, 0.6) is 0 Å². The standard InChI is InChI=1S/C15H28BrN3O2/c1-5-13-15(16)14(19(7-3)18-13)10-12(17-6-2)11-21-9-8-20-4/h12,17H,5-11H2,1-4H3. The van der Waals surface area contributed by atoms with Gasteiger partial charge in [0.2, 0.25) is 0 Å². The lowest BCUT2D eigenvalue weighted by atomic mass is 10.1. The number of rotatable bonds is 11. The molecule has 1 N–H and O–H groups in total. The van der Waals surface area contributed by atoms with Crippen LogP contribution in [0.3, 0.4) is 0 Å². The Bertz CT molecular complexity index is 410. The molecule has 1 atom stereocenters. The minimum atomic E-state index is 0.287. The molecule has 6 heteroatoms. The molecule has 122 valence electrons. The summed E-state index contributed by atoms with van der Waals surface area (Å²) in [5.41, 5.74) is 2.37. The number of ether oxygens (including phenoxy) is 2. The van der Waals surface area contributed by atoms with E-state index in [0.29, 0.717) is 19.8 Å². The van der Waals surface area contributed by atoms with E-state index in [9.17, 15) is 0 Å². The summed E-state index contributed by atoms with van der Waals surface area (Å²) in [5, 5.41) is 8.14. The molecule has 1 heterocycles. The van der Waals surface area contributed by atoms with Crippen LogP contribution in [0.1, 0.15) is 32.2 Å². The molecule has 0 aromatic carbocycles. The molecule has 1 unspecified atom stereocenters. The second-order valence-electron chi connectivity index (χ2n) is 4.90. The van der Waals surface area contributed by atoms with E-state index >= 15 is 0 Å². The first-order chi connectivity index (χ1) is 10.2. The van der Waals surface area contributed by atoms with E-state index in [4.69, 9.17) is 9.47 Å². The predicted molar refractivity (Wildman–Crippen MR) is 88.8 cm³/mol. The first kappa shape index (κ1) is 18.6. The first-order valence-electron chi connectivity index (χ1n) is 7.71. The average Bonchev–Trinajstić information content (AvgIpc) is 2.79. The zero-order valence-corrected chi connectivity index (χ0v) is 15.2. The highest BCUT2D eigenvalue weighted by Gasteiger charge is 2.18. The Morgan fingerprint density at radius 1 is 1.29 bits per heavy atom. The second kappa shape index (κ2) is 10.3. The van der Waals surface area contributed by atoms with Gasteiger partial charge in [-0.05, 0) is 35.8 Å². The normalized spacial score (nSPS) is 12.8. The summed E-state index contributed by atoms with van der Waals surface area (Å²) in [7, 11) is 1.69. The lowest BCUT2D eigenvalue weighted by Gasteiger charge is -2.19. The molecule has 0 fully saturated rings. The summed E-state index contributed by atoms with van der Waals surface area (Å²) >= 11 is 3.70. The highest BCUT2D eigenvalue weighted by atomic mass is 79.9. The van der Waals surface area contributed by atoms with Crippen LogP contribution in [-0.4, -0.2) is 49.3 Å². The maximum absolute atomic E-state index is 5.68. The minimum absolute atomic E-state index is 0.287. The van der Waals surface area contributed by atoms with Crippen molar-refractivity contribution in [2.75, 3.05) is 33.5 Å². The van der Waals surface area contributed by atoms with Gasteiger partial charge in [0.05, 0.1) is 35.7 Å². The zero-order chi connectivity index (χ0) is 15.7. The van der Waals surface area contributed by atoms with Crippen molar-refractivity contribution in [1.82, 2.24) is 15.1 Å². The number of nitrogens with zero attached hydrogens (tertiary/aromatic N) is 2. The van der Waals surface area contributed by atoms with Crippen LogP contribution in [0.25, 0.3) is 0 Å². The number of aryl methyl sites for hydroxylation is 2. The van der Waals surface area contributed by atoms with E-state index in [1.165, 1.54) is 5.69 Å². The third-order valence-electron chi connectivity index (χ3n) is 3.38. The van der Waals surface area contributed by atoms with Gasteiger partial charge in [-0.2, -0.15) is 5.10 Å². The van der Waals surface area contributed by atoms with Crippen LogP contribution < -0.4 is 5.32 Å². The highest BCUT2D eigenvalue weighted by Crippen LogP contribution is 2.23. The summed E-state index contributed by atoms with van der Waals surface area (Å²) in [4.78, 5) is 0. The van der Waals surface area contributed by atoms with Gasteiger partial charge in [-0.15, -0.1) is 0 Å². The Balaban J connectivity index is 2.71. The number of nitrogens with one attached hydrogen (secondary N) is 1. The van der Waals surface area contributed by atoms with E-state index < -0.39 is 0 Å². The second-order valence-corrected chi connectivity index (χ2v) is 5.70. The molecule has 1 aromatic heterocycles. The molecule has 1 rings (SSSR count). The smallest absolute Gasteiger partial charge is 0.0766 e. The van der Waals surface area contributed by atoms with Gasteiger partial charge < -0.3 is 14.8 Å². The number of hydrogen-bond donors (Lipinski definition) is 1. The van der Waals surface area contributed by atoms with Crippen LogP contribution >= 0.6 is 15.9 Å². The number of aromatic nitrogens is 2. The van der Waals surface area contributed by atoms with Crippen LogP contribution in [-0.2, 0) is 28.9 Å². The van der Waals surface area contributed by atoms with Gasteiger partial charge >= 0.3 is 0 Å². The molecule has 0 bridgehead atoms. The summed E-state index contributed by atoms with van der Waals surface area (Å²) in [6, 6.07) is 0.287. The SMILES string of the molecule is CCNC(COCCOC)Cc1c(Br)c(CC)nn1CC. The molecule has 0 aliphatic carbocycles. The zero-order valence-electron chi connectivity index (χ0n) is 13.6. The number of hydrogen-bond acceptors (Lipinski definition) is 4. The van der Waals surface area contributed by atoms with Crippen molar-refractivity contribution in [2.45, 2.75) is 46.2 Å². The third-order valence-corrected chi connectivity index (χ3v) is 4.29. The Labute approximate surface area is 136 Å². The lowest BCUT2D eigenvalue weighted by Crippen LogP contribution is -2.36. The van der Waals surface area contributed by atoms with Gasteiger partial charge in [0.15, 0.2) is 0 Å². The Kier molecular flexibility index (Phi) is 9.15. The van der Waals surface area contributed by atoms with Crippen molar-refractivity contribution in [3.63, 3.8) is 0 Å². The fourth-order valence-electron chi connectivity index (χ4n) is 2.29. The fraction of sp³-hybridized carbons (Fsp3) is 0.800. The van der Waals surface area contributed by atoms with Gasteiger partial charge in [0.1, 0.15) is 0 Å². The summed E-state index contributed by atoms with van der Waals surface area (Å²) in [6.07, 6.45) is 1.85. The highest BCUT2D eigenvalue weighted by molar-refractivity contribution is 9.10. The van der Waals surface area contributed by atoms with E-state index in [1.54, 1.807) is 7.11 Å². The van der Waals surface area contributed by atoms with E-state index in [1.807, 2.05) is 0 Å². The minimum Gasteiger partial charge on any atom is -0.382 e. The van der Waals surface area contributed by atoms with Gasteiger partial charge in [-0.3, -0.25) is 4.68 Å². The molecule has 0 radical (unpaired) electrons. The Morgan fingerprint density at radius 3 is 2.62 bits per heavy atom. The van der Waals surface area contributed by atoms with Crippen LogP contribution in [0.2, 0.25) is 0 Å². The molecule has 0 spiro atoms. The van der Waals surface area contributed by atoms with Gasteiger partial charge in [-0.25, -0.2) is 0 Å². The molecule has 21 heavy (non-hydrogen) atoms. The Morgan fingerprint density at radius 2 is 2.05 bits per heavy atom. The maximum Gasteiger partial charge on any atom is 0.0766 e. The van der Waals surface area contributed by atoms with E-state index in [-0.39, 0.29) is 6.04 Å². The molecule has 0 saturated heterocycles. The Hall–Kier alpha value is -0.430. The lowest BCUT2D eigenvalue weighted by molar-refractivity contribution is 0.0586. The molecule has 0 amide bonds. The predicted octanol–water partition coefficient (Wildman–Crippen LogP) is 2.41. The number of likely N-dealkylation sites (N-methyl/N-ethyl adjacent to an activating group) is 1. The monoisotopic (exact) mass is 361 g/mol. The first-order valence-corrected chi connectivity index (χ1v) is 8.51. The third kappa shape index (κ3) is 5.70. The molecule has 1 aromatic rings. The summed E-state index contributed by atoms with van der Waals surface area (Å²) in [6.45, 7) is 10.1. The van der Waals surface area contributed by atoms with Crippen molar-refractivity contribution >= 4 is 15.9 Å². The van der Waals surface area contributed by atoms with Gasteiger partial charge in [0, 0.05) is 26.1 Å². The largest absolute Gasteiger partial charge is 0.382 e. The molecule has 0 aliphatic heterocycles. The maximum atomic E-state index is 5.68. The van der Waals surface area contributed by atoms with E-state index in [2.05, 4.69) is 51.8 Å². The topological polar surface area (TPSA) is 48.3 Å². The fourth-order valence-corrected chi connectivity index (χ4v) is 3.02. The van der Waals surface area contributed by atoms with Crippen molar-refractivity contribution in [2.24, 2.45) is 0 Å². The average molecular weight is 362 g/mol.